The summed E-state index contributed by atoms with van der Waals surface area (Å²) in [5, 5.41) is 3.42. The third kappa shape index (κ3) is 4.51. The molecule has 1 aliphatic heterocycles. The summed E-state index contributed by atoms with van der Waals surface area (Å²) >= 11 is 2.35. The molecular formula is C21H26FIN6O. The third-order valence-corrected chi connectivity index (χ3v) is 6.25. The Bertz CT molecular complexity index is 1070. The lowest BCUT2D eigenvalue weighted by Crippen LogP contribution is -2.23. The van der Waals surface area contributed by atoms with Crippen molar-refractivity contribution in [2.45, 2.75) is 52.1 Å². The van der Waals surface area contributed by atoms with Gasteiger partial charge in [0.25, 0.3) is 0 Å². The summed E-state index contributed by atoms with van der Waals surface area (Å²) in [6.45, 7) is 6.62. The smallest absolute Gasteiger partial charge is 0.312 e. The molecule has 7 nitrogen and oxygen atoms in total. The second kappa shape index (κ2) is 9.01. The molecule has 160 valence electrons. The van der Waals surface area contributed by atoms with Crippen LogP contribution >= 0.6 is 22.6 Å². The number of imidazole rings is 1. The number of aryl methyl sites for hydroxylation is 1. The lowest BCUT2D eigenvalue weighted by molar-refractivity contribution is 0.356. The molecule has 0 bridgehead atoms. The molecule has 3 N–H and O–H groups in total. The Kier molecular flexibility index (Phi) is 6.37. The van der Waals surface area contributed by atoms with Gasteiger partial charge in [-0.25, -0.2) is 4.98 Å². The van der Waals surface area contributed by atoms with Crippen molar-refractivity contribution in [3.8, 4) is 5.75 Å². The van der Waals surface area contributed by atoms with Crippen molar-refractivity contribution in [1.82, 2.24) is 24.8 Å². The van der Waals surface area contributed by atoms with Crippen LogP contribution in [0.1, 0.15) is 43.6 Å². The van der Waals surface area contributed by atoms with Gasteiger partial charge >= 0.3 is 6.08 Å². The second-order valence-electron chi connectivity index (χ2n) is 7.87. The van der Waals surface area contributed by atoms with E-state index in [4.69, 9.17) is 15.5 Å². The lowest BCUT2D eigenvalue weighted by Gasteiger charge is -2.12. The number of nitrogens with two attached hydrogens (primary N) is 1. The maximum Gasteiger partial charge on any atom is 0.312 e. The van der Waals surface area contributed by atoms with E-state index in [1.807, 2.05) is 4.57 Å². The van der Waals surface area contributed by atoms with Crippen molar-refractivity contribution in [2.75, 3.05) is 18.9 Å². The maximum absolute atomic E-state index is 13.9. The zero-order chi connectivity index (χ0) is 21.3. The Morgan fingerprint density at radius 2 is 2.10 bits per heavy atom. The van der Waals surface area contributed by atoms with E-state index in [9.17, 15) is 4.39 Å². The Hall–Kier alpha value is -2.01. The number of hydrogen-bond acceptors (Lipinski definition) is 6. The average molecular weight is 524 g/mol. The third-order valence-electron chi connectivity index (χ3n) is 5.24. The van der Waals surface area contributed by atoms with Crippen LogP contribution in [0, 0.1) is 9.65 Å². The van der Waals surface area contributed by atoms with Crippen molar-refractivity contribution >= 4 is 39.6 Å². The van der Waals surface area contributed by atoms with Gasteiger partial charge in [0.1, 0.15) is 11.6 Å². The van der Waals surface area contributed by atoms with Crippen molar-refractivity contribution < 1.29 is 9.13 Å². The van der Waals surface area contributed by atoms with E-state index in [1.165, 1.54) is 9.13 Å². The highest BCUT2D eigenvalue weighted by atomic mass is 127. The zero-order valence-corrected chi connectivity index (χ0v) is 19.4. The van der Waals surface area contributed by atoms with Gasteiger partial charge in [0.15, 0.2) is 17.0 Å². The van der Waals surface area contributed by atoms with Gasteiger partial charge in [0, 0.05) is 29.0 Å². The van der Waals surface area contributed by atoms with E-state index in [0.717, 1.165) is 49.6 Å². The van der Waals surface area contributed by atoms with Gasteiger partial charge in [-0.1, -0.05) is 13.8 Å². The summed E-state index contributed by atoms with van der Waals surface area (Å²) in [6, 6.07) is 4.73. The molecule has 1 aromatic carbocycles. The van der Waals surface area contributed by atoms with E-state index in [-0.39, 0.29) is 5.82 Å². The number of nitrogens with one attached hydrogen (secondary N) is 1. The molecule has 0 spiro atoms. The number of fused-ring (bicyclic) bond motifs is 2. The van der Waals surface area contributed by atoms with Crippen LogP contribution in [0.5, 0.6) is 5.75 Å². The van der Waals surface area contributed by atoms with Crippen LogP contribution in [0.15, 0.2) is 12.1 Å². The quantitative estimate of drug-likeness (QED) is 0.267. The summed E-state index contributed by atoms with van der Waals surface area (Å²) in [4.78, 5) is 12.4. The van der Waals surface area contributed by atoms with Crippen LogP contribution in [0.2, 0.25) is 0 Å². The monoisotopic (exact) mass is 524 g/mol. The molecule has 0 atom stereocenters. The van der Waals surface area contributed by atoms with Crippen molar-refractivity contribution in [3.63, 3.8) is 0 Å². The normalized spacial score (nSPS) is 13.2. The van der Waals surface area contributed by atoms with Gasteiger partial charge in [-0.05, 0) is 65.2 Å². The summed E-state index contributed by atoms with van der Waals surface area (Å²) in [5.41, 5.74) is 9.23. The standard InChI is InChI=1S/C21H26FIN6O/c1-12(2)25-6-3-4-7-29-17(26-18-19(24)27-21(22)28-20(18)29)11-14-10-16-13(5-8-30-16)9-15(14)23/h9-10,12,25H,3-8,11H2,1-2H3,(H2,24,27,28). The molecule has 0 saturated heterocycles. The molecule has 0 amide bonds. The molecule has 0 aliphatic carbocycles. The lowest BCUT2D eigenvalue weighted by atomic mass is 10.1. The van der Waals surface area contributed by atoms with E-state index >= 15 is 0 Å². The van der Waals surface area contributed by atoms with Crippen LogP contribution in [0.25, 0.3) is 11.2 Å². The molecule has 0 saturated carbocycles. The van der Waals surface area contributed by atoms with Crippen molar-refractivity contribution in [1.29, 1.82) is 0 Å². The average Bonchev–Trinajstić information content (AvgIpc) is 3.26. The second-order valence-corrected chi connectivity index (χ2v) is 9.03. The minimum atomic E-state index is -0.824. The summed E-state index contributed by atoms with van der Waals surface area (Å²) in [7, 11) is 0. The first kappa shape index (κ1) is 21.2. The Labute approximate surface area is 188 Å². The number of hydrogen-bond donors (Lipinski definition) is 2. The Morgan fingerprint density at radius 3 is 2.90 bits per heavy atom. The molecule has 4 rings (SSSR count). The van der Waals surface area contributed by atoms with E-state index in [2.05, 4.69) is 63.9 Å². The highest BCUT2D eigenvalue weighted by Crippen LogP contribution is 2.31. The molecule has 0 fully saturated rings. The van der Waals surface area contributed by atoms with Gasteiger partial charge in [0.05, 0.1) is 6.61 Å². The Morgan fingerprint density at radius 1 is 1.27 bits per heavy atom. The number of rotatable bonds is 8. The van der Waals surface area contributed by atoms with E-state index < -0.39 is 6.08 Å². The number of aromatic nitrogens is 4. The minimum absolute atomic E-state index is 0.0750. The molecule has 0 unspecified atom stereocenters. The maximum atomic E-state index is 13.9. The largest absolute Gasteiger partial charge is 0.493 e. The van der Waals surface area contributed by atoms with Crippen LogP contribution in [0.4, 0.5) is 10.2 Å². The van der Waals surface area contributed by atoms with Crippen LogP contribution in [-0.4, -0.2) is 38.7 Å². The van der Waals surface area contributed by atoms with Crippen molar-refractivity contribution in [2.24, 2.45) is 0 Å². The van der Waals surface area contributed by atoms with Crippen LogP contribution in [0.3, 0.4) is 0 Å². The number of benzene rings is 1. The zero-order valence-electron chi connectivity index (χ0n) is 17.2. The fraction of sp³-hybridized carbons (Fsp3) is 0.476. The summed E-state index contributed by atoms with van der Waals surface area (Å²) in [6.07, 6.45) is 2.64. The van der Waals surface area contributed by atoms with Gasteiger partial charge in [-0.3, -0.25) is 0 Å². The van der Waals surface area contributed by atoms with Gasteiger partial charge in [-0.2, -0.15) is 14.4 Å². The molecular weight excluding hydrogens is 498 g/mol. The highest BCUT2D eigenvalue weighted by molar-refractivity contribution is 14.1. The molecule has 2 aromatic heterocycles. The summed E-state index contributed by atoms with van der Waals surface area (Å²) in [5.74, 6) is 1.83. The Balaban J connectivity index is 1.64. The highest BCUT2D eigenvalue weighted by Gasteiger charge is 2.20. The molecule has 9 heteroatoms. The first-order valence-electron chi connectivity index (χ1n) is 10.3. The topological polar surface area (TPSA) is 90.9 Å². The number of nitrogens with zero attached hydrogens (tertiary/aromatic N) is 4. The van der Waals surface area contributed by atoms with Crippen molar-refractivity contribution in [3.05, 3.63) is 38.7 Å². The van der Waals surface area contributed by atoms with Crippen LogP contribution in [-0.2, 0) is 19.4 Å². The molecule has 1 aliphatic rings. The predicted molar refractivity (Wildman–Crippen MR) is 123 cm³/mol. The van der Waals surface area contributed by atoms with E-state index in [0.29, 0.717) is 30.2 Å². The fourth-order valence-electron chi connectivity index (χ4n) is 3.74. The summed E-state index contributed by atoms with van der Waals surface area (Å²) < 4.78 is 22.8. The molecule has 0 radical (unpaired) electrons. The number of ether oxygens (including phenoxy) is 1. The number of anilines is 1. The first-order valence-corrected chi connectivity index (χ1v) is 11.4. The van der Waals surface area contributed by atoms with E-state index in [1.54, 1.807) is 0 Å². The molecule has 30 heavy (non-hydrogen) atoms. The number of halogens is 2. The van der Waals surface area contributed by atoms with Crippen LogP contribution < -0.4 is 15.8 Å². The fourth-order valence-corrected chi connectivity index (χ4v) is 4.46. The minimum Gasteiger partial charge on any atom is -0.493 e. The SMILES string of the molecule is CC(C)NCCCCn1c(Cc2cc3c(cc2I)CCO3)nc2c(N)nc(F)nc21. The first-order chi connectivity index (χ1) is 14.4. The number of nitrogen functional groups attached to an aromatic ring is 1. The predicted octanol–water partition coefficient (Wildman–Crippen LogP) is 3.46. The molecule has 3 heterocycles. The van der Waals surface area contributed by atoms with Gasteiger partial charge in [-0.15, -0.1) is 0 Å². The van der Waals surface area contributed by atoms with Gasteiger partial charge < -0.3 is 20.4 Å². The number of unbranched alkanes of at least 4 members (excludes halogenated alkanes) is 1. The molecule has 3 aromatic rings. The van der Waals surface area contributed by atoms with Gasteiger partial charge in [0.2, 0.25) is 0 Å².